The highest BCUT2D eigenvalue weighted by molar-refractivity contribution is 5.97. The maximum absolute atomic E-state index is 12.3. The number of carbonyl (C=O) groups excluding carboxylic acids is 3. The Kier molecular flexibility index (Phi) is 7.78. The maximum Gasteiger partial charge on any atom is 0.234 e. The first-order chi connectivity index (χ1) is 12.5. The molecule has 6 heteroatoms. The van der Waals surface area contributed by atoms with Crippen LogP contribution in [0.3, 0.4) is 0 Å². The molecule has 0 aromatic heterocycles. The number of nitrogens with zero attached hydrogens (tertiary/aromatic N) is 2. The van der Waals surface area contributed by atoms with Crippen molar-refractivity contribution in [1.82, 2.24) is 15.1 Å². The molecule has 1 saturated heterocycles. The molecule has 1 aliphatic heterocycles. The molecule has 0 saturated carbocycles. The number of hydrogen-bond acceptors (Lipinski definition) is 4. The second-order valence-electron chi connectivity index (χ2n) is 6.82. The lowest BCUT2D eigenvalue weighted by atomic mass is 10.1. The number of benzene rings is 1. The van der Waals surface area contributed by atoms with Gasteiger partial charge in [-0.1, -0.05) is 37.3 Å². The molecular formula is C20H29N3O3. The van der Waals surface area contributed by atoms with Crippen molar-refractivity contribution < 1.29 is 14.4 Å². The van der Waals surface area contributed by atoms with Crippen LogP contribution in [0.4, 0.5) is 0 Å². The monoisotopic (exact) mass is 359 g/mol. The summed E-state index contributed by atoms with van der Waals surface area (Å²) in [6.07, 6.45) is 1.39. The smallest absolute Gasteiger partial charge is 0.234 e. The molecule has 1 fully saturated rings. The third-order valence-electron chi connectivity index (χ3n) is 4.77. The van der Waals surface area contributed by atoms with Crippen molar-refractivity contribution in [1.29, 1.82) is 0 Å². The van der Waals surface area contributed by atoms with E-state index in [-0.39, 0.29) is 36.5 Å². The second kappa shape index (κ2) is 10.1. The lowest BCUT2D eigenvalue weighted by Crippen LogP contribution is -2.51. The Bertz CT molecular complexity index is 610. The Balaban J connectivity index is 1.69. The van der Waals surface area contributed by atoms with E-state index in [0.29, 0.717) is 38.3 Å². The minimum atomic E-state index is -0.000647. The normalized spacial score (nSPS) is 16.2. The summed E-state index contributed by atoms with van der Waals surface area (Å²) in [6, 6.07) is 9.25. The van der Waals surface area contributed by atoms with E-state index in [9.17, 15) is 14.4 Å². The predicted molar refractivity (Wildman–Crippen MR) is 101 cm³/mol. The van der Waals surface area contributed by atoms with Crippen molar-refractivity contribution in [3.05, 3.63) is 35.9 Å². The van der Waals surface area contributed by atoms with E-state index in [1.165, 1.54) is 0 Å². The Morgan fingerprint density at radius 3 is 2.31 bits per heavy atom. The summed E-state index contributed by atoms with van der Waals surface area (Å²) in [4.78, 5) is 40.2. The van der Waals surface area contributed by atoms with E-state index >= 15 is 0 Å². The molecule has 6 nitrogen and oxygen atoms in total. The lowest BCUT2D eigenvalue weighted by molar-refractivity contribution is -0.133. The van der Waals surface area contributed by atoms with Crippen molar-refractivity contribution in [2.24, 2.45) is 0 Å². The maximum atomic E-state index is 12.3. The first kappa shape index (κ1) is 20.1. The van der Waals surface area contributed by atoms with Crippen LogP contribution in [-0.2, 0) is 9.59 Å². The van der Waals surface area contributed by atoms with Gasteiger partial charge in [-0.25, -0.2) is 0 Å². The van der Waals surface area contributed by atoms with Gasteiger partial charge in [0.2, 0.25) is 11.8 Å². The standard InChI is InChI=1S/C20H29N3O3/c1-3-16(2)21-19(25)15-22-11-13-23(14-12-22)20(26)10-9-18(24)17-7-5-4-6-8-17/h4-8,16H,3,9-15H2,1-2H3,(H,21,25). The zero-order valence-electron chi connectivity index (χ0n) is 15.7. The third-order valence-corrected chi connectivity index (χ3v) is 4.77. The highest BCUT2D eigenvalue weighted by Gasteiger charge is 2.23. The van der Waals surface area contributed by atoms with Gasteiger partial charge in [-0.05, 0) is 13.3 Å². The minimum Gasteiger partial charge on any atom is -0.353 e. The Morgan fingerprint density at radius 2 is 1.69 bits per heavy atom. The van der Waals surface area contributed by atoms with E-state index in [1.807, 2.05) is 32.0 Å². The van der Waals surface area contributed by atoms with E-state index in [0.717, 1.165) is 6.42 Å². The molecule has 1 unspecified atom stereocenters. The van der Waals surface area contributed by atoms with Crippen molar-refractivity contribution in [3.63, 3.8) is 0 Å². The SMILES string of the molecule is CCC(C)NC(=O)CN1CCN(C(=O)CCC(=O)c2ccccc2)CC1. The third kappa shape index (κ3) is 6.26. The molecule has 1 aliphatic rings. The average Bonchev–Trinajstić information content (AvgIpc) is 2.66. The predicted octanol–water partition coefficient (Wildman–Crippen LogP) is 1.71. The summed E-state index contributed by atoms with van der Waals surface area (Å²) < 4.78 is 0. The number of piperazine rings is 1. The molecule has 0 radical (unpaired) electrons. The van der Waals surface area contributed by atoms with Crippen molar-refractivity contribution >= 4 is 17.6 Å². The number of rotatable bonds is 8. The van der Waals surface area contributed by atoms with E-state index in [1.54, 1.807) is 17.0 Å². The topological polar surface area (TPSA) is 69.7 Å². The van der Waals surface area contributed by atoms with Gasteiger partial charge in [-0.15, -0.1) is 0 Å². The molecule has 26 heavy (non-hydrogen) atoms. The van der Waals surface area contributed by atoms with Gasteiger partial charge in [0.1, 0.15) is 0 Å². The molecule has 1 heterocycles. The number of ketones is 1. The lowest BCUT2D eigenvalue weighted by Gasteiger charge is -2.34. The van der Waals surface area contributed by atoms with E-state index in [2.05, 4.69) is 10.2 Å². The largest absolute Gasteiger partial charge is 0.353 e. The zero-order valence-corrected chi connectivity index (χ0v) is 15.7. The number of amides is 2. The average molecular weight is 359 g/mol. The summed E-state index contributed by atoms with van der Waals surface area (Å²) >= 11 is 0. The fourth-order valence-corrected chi connectivity index (χ4v) is 2.93. The molecule has 0 bridgehead atoms. The second-order valence-corrected chi connectivity index (χ2v) is 6.82. The highest BCUT2D eigenvalue weighted by Crippen LogP contribution is 2.09. The fraction of sp³-hybridized carbons (Fsp3) is 0.550. The van der Waals surface area contributed by atoms with Crippen LogP contribution < -0.4 is 5.32 Å². The Hall–Kier alpha value is -2.21. The number of hydrogen-bond donors (Lipinski definition) is 1. The Morgan fingerprint density at radius 1 is 1.04 bits per heavy atom. The fourth-order valence-electron chi connectivity index (χ4n) is 2.93. The molecule has 1 atom stereocenters. The van der Waals surface area contributed by atoms with Gasteiger partial charge in [-0.3, -0.25) is 19.3 Å². The number of carbonyl (C=O) groups is 3. The number of nitrogens with one attached hydrogen (secondary N) is 1. The van der Waals surface area contributed by atoms with E-state index < -0.39 is 0 Å². The van der Waals surface area contributed by atoms with Crippen LogP contribution in [-0.4, -0.2) is 66.2 Å². The Labute approximate surface area is 155 Å². The van der Waals surface area contributed by atoms with Crippen LogP contribution in [0.25, 0.3) is 0 Å². The summed E-state index contributed by atoms with van der Waals surface area (Å²) in [5.74, 6) is 0.0462. The molecule has 0 aliphatic carbocycles. The molecule has 1 N–H and O–H groups in total. The van der Waals surface area contributed by atoms with Gasteiger partial charge in [0, 0.05) is 50.6 Å². The van der Waals surface area contributed by atoms with Crippen LogP contribution >= 0.6 is 0 Å². The molecule has 142 valence electrons. The van der Waals surface area contributed by atoms with Crippen LogP contribution in [0.2, 0.25) is 0 Å². The van der Waals surface area contributed by atoms with Gasteiger partial charge in [0.05, 0.1) is 6.54 Å². The molecule has 2 rings (SSSR count). The van der Waals surface area contributed by atoms with Crippen LogP contribution in [0.15, 0.2) is 30.3 Å². The van der Waals surface area contributed by atoms with Gasteiger partial charge >= 0.3 is 0 Å². The molecular weight excluding hydrogens is 330 g/mol. The van der Waals surface area contributed by atoms with Crippen molar-refractivity contribution in [3.8, 4) is 0 Å². The molecule has 0 spiro atoms. The number of Topliss-reactive ketones (excluding diaryl/α,β-unsaturated/α-hetero) is 1. The summed E-state index contributed by atoms with van der Waals surface area (Å²) in [5.41, 5.74) is 0.650. The molecule has 1 aromatic carbocycles. The van der Waals surface area contributed by atoms with Gasteiger partial charge in [-0.2, -0.15) is 0 Å². The zero-order chi connectivity index (χ0) is 18.9. The van der Waals surface area contributed by atoms with Crippen molar-refractivity contribution in [2.75, 3.05) is 32.7 Å². The quantitative estimate of drug-likeness (QED) is 0.718. The first-order valence-electron chi connectivity index (χ1n) is 9.37. The van der Waals surface area contributed by atoms with E-state index in [4.69, 9.17) is 0 Å². The summed E-state index contributed by atoms with van der Waals surface area (Å²) in [6.45, 7) is 6.99. The highest BCUT2D eigenvalue weighted by atomic mass is 16.2. The summed E-state index contributed by atoms with van der Waals surface area (Å²) in [7, 11) is 0. The molecule has 1 aromatic rings. The van der Waals surface area contributed by atoms with Gasteiger partial charge in [0.15, 0.2) is 5.78 Å². The minimum absolute atomic E-state index is 0.000647. The first-order valence-corrected chi connectivity index (χ1v) is 9.37. The molecule has 2 amide bonds. The van der Waals surface area contributed by atoms with Crippen LogP contribution in [0, 0.1) is 0 Å². The van der Waals surface area contributed by atoms with Crippen LogP contribution in [0.5, 0.6) is 0 Å². The van der Waals surface area contributed by atoms with Crippen molar-refractivity contribution in [2.45, 2.75) is 39.2 Å². The van der Waals surface area contributed by atoms with Gasteiger partial charge < -0.3 is 10.2 Å². The van der Waals surface area contributed by atoms with Gasteiger partial charge in [0.25, 0.3) is 0 Å². The summed E-state index contributed by atoms with van der Waals surface area (Å²) in [5, 5.41) is 2.96. The van der Waals surface area contributed by atoms with Crippen LogP contribution in [0.1, 0.15) is 43.5 Å².